The second-order valence-corrected chi connectivity index (χ2v) is 3.57. The van der Waals surface area contributed by atoms with Gasteiger partial charge in [0, 0.05) is 18.1 Å². The quantitative estimate of drug-likeness (QED) is 0.731. The van der Waals surface area contributed by atoms with Crippen molar-refractivity contribution in [3.05, 3.63) is 42.0 Å². The molecule has 0 aliphatic heterocycles. The number of nitrogens with zero attached hydrogens (tertiary/aromatic N) is 3. The van der Waals surface area contributed by atoms with E-state index in [-0.39, 0.29) is 0 Å². The van der Waals surface area contributed by atoms with Gasteiger partial charge in [0.1, 0.15) is 18.1 Å². The van der Waals surface area contributed by atoms with Crippen LogP contribution in [0.3, 0.4) is 0 Å². The number of aldehydes is 1. The van der Waals surface area contributed by atoms with Gasteiger partial charge in [0.25, 0.3) is 0 Å². The van der Waals surface area contributed by atoms with Crippen molar-refractivity contribution in [2.24, 2.45) is 0 Å². The van der Waals surface area contributed by atoms with E-state index in [4.69, 9.17) is 4.74 Å². The molecular formula is C12H13N3O2. The van der Waals surface area contributed by atoms with E-state index in [0.29, 0.717) is 30.9 Å². The lowest BCUT2D eigenvalue weighted by molar-refractivity contribution is 0.111. The Morgan fingerprint density at radius 1 is 1.47 bits per heavy atom. The first-order chi connectivity index (χ1) is 8.29. The largest absolute Gasteiger partial charge is 0.489 e. The summed E-state index contributed by atoms with van der Waals surface area (Å²) >= 11 is 0. The standard InChI is InChI=1S/C12H13N3O2/c1-10-3-4-12(11(9-16)14-10)17-8-7-15-6-2-5-13-15/h2-6,9H,7-8H2,1H3. The highest BCUT2D eigenvalue weighted by Crippen LogP contribution is 2.14. The van der Waals surface area contributed by atoms with E-state index < -0.39 is 0 Å². The molecule has 0 unspecified atom stereocenters. The van der Waals surface area contributed by atoms with Gasteiger partial charge in [-0.15, -0.1) is 0 Å². The Bertz CT molecular complexity index is 494. The third-order valence-corrected chi connectivity index (χ3v) is 2.27. The molecule has 0 fully saturated rings. The molecule has 0 spiro atoms. The Morgan fingerprint density at radius 2 is 2.35 bits per heavy atom. The SMILES string of the molecule is Cc1ccc(OCCn2cccn2)c(C=O)n1. The molecule has 0 saturated heterocycles. The second kappa shape index (κ2) is 5.25. The lowest BCUT2D eigenvalue weighted by Crippen LogP contribution is -2.10. The summed E-state index contributed by atoms with van der Waals surface area (Å²) in [4.78, 5) is 14.9. The van der Waals surface area contributed by atoms with Crippen molar-refractivity contribution in [1.82, 2.24) is 14.8 Å². The van der Waals surface area contributed by atoms with Gasteiger partial charge in [0.05, 0.1) is 6.54 Å². The van der Waals surface area contributed by atoms with Gasteiger partial charge in [-0.05, 0) is 25.1 Å². The predicted molar refractivity (Wildman–Crippen MR) is 62.1 cm³/mol. The molecule has 88 valence electrons. The fourth-order valence-electron chi connectivity index (χ4n) is 1.45. The van der Waals surface area contributed by atoms with Crippen LogP contribution in [-0.4, -0.2) is 27.7 Å². The van der Waals surface area contributed by atoms with Crippen LogP contribution < -0.4 is 4.74 Å². The molecule has 0 aliphatic rings. The van der Waals surface area contributed by atoms with Gasteiger partial charge in [-0.25, -0.2) is 4.98 Å². The molecule has 0 bridgehead atoms. The normalized spacial score (nSPS) is 10.2. The number of ether oxygens (including phenoxy) is 1. The van der Waals surface area contributed by atoms with E-state index in [1.807, 2.05) is 25.3 Å². The van der Waals surface area contributed by atoms with Crippen molar-refractivity contribution in [1.29, 1.82) is 0 Å². The molecule has 0 atom stereocenters. The van der Waals surface area contributed by atoms with Crippen molar-refractivity contribution in [2.75, 3.05) is 6.61 Å². The van der Waals surface area contributed by atoms with Gasteiger partial charge in [0.15, 0.2) is 6.29 Å². The van der Waals surface area contributed by atoms with Crippen LogP contribution in [0.4, 0.5) is 0 Å². The van der Waals surface area contributed by atoms with Crippen molar-refractivity contribution < 1.29 is 9.53 Å². The van der Waals surface area contributed by atoms with Gasteiger partial charge in [-0.2, -0.15) is 5.10 Å². The maximum absolute atomic E-state index is 10.8. The topological polar surface area (TPSA) is 57.0 Å². The summed E-state index contributed by atoms with van der Waals surface area (Å²) in [6, 6.07) is 5.43. The van der Waals surface area contributed by atoms with Gasteiger partial charge in [0.2, 0.25) is 0 Å². The first-order valence-corrected chi connectivity index (χ1v) is 5.32. The zero-order valence-electron chi connectivity index (χ0n) is 9.54. The first kappa shape index (κ1) is 11.3. The third-order valence-electron chi connectivity index (χ3n) is 2.27. The van der Waals surface area contributed by atoms with Crippen LogP contribution in [0.25, 0.3) is 0 Å². The number of aryl methyl sites for hydroxylation is 1. The van der Waals surface area contributed by atoms with E-state index in [9.17, 15) is 4.79 Å². The maximum atomic E-state index is 10.8. The van der Waals surface area contributed by atoms with Crippen LogP contribution in [0, 0.1) is 6.92 Å². The zero-order valence-corrected chi connectivity index (χ0v) is 9.54. The van der Waals surface area contributed by atoms with Crippen LogP contribution in [0.15, 0.2) is 30.6 Å². The lowest BCUT2D eigenvalue weighted by Gasteiger charge is -2.08. The number of pyridine rings is 1. The van der Waals surface area contributed by atoms with E-state index >= 15 is 0 Å². The molecule has 2 aromatic rings. The van der Waals surface area contributed by atoms with E-state index in [2.05, 4.69) is 10.1 Å². The van der Waals surface area contributed by atoms with Gasteiger partial charge in [-0.1, -0.05) is 0 Å². The molecular weight excluding hydrogens is 218 g/mol. The van der Waals surface area contributed by atoms with Gasteiger partial charge >= 0.3 is 0 Å². The highest BCUT2D eigenvalue weighted by atomic mass is 16.5. The van der Waals surface area contributed by atoms with E-state index in [1.54, 1.807) is 16.9 Å². The van der Waals surface area contributed by atoms with Crippen LogP contribution in [0.1, 0.15) is 16.2 Å². The lowest BCUT2D eigenvalue weighted by atomic mass is 10.3. The second-order valence-electron chi connectivity index (χ2n) is 3.57. The Hall–Kier alpha value is -2.17. The number of carbonyl (C=O) groups is 1. The van der Waals surface area contributed by atoms with Crippen LogP contribution in [-0.2, 0) is 6.54 Å². The molecule has 0 N–H and O–H groups in total. The number of hydrogen-bond acceptors (Lipinski definition) is 4. The average Bonchev–Trinajstić information content (AvgIpc) is 2.84. The van der Waals surface area contributed by atoms with Crippen molar-refractivity contribution >= 4 is 6.29 Å². The Balaban J connectivity index is 1.96. The van der Waals surface area contributed by atoms with Crippen LogP contribution in [0.2, 0.25) is 0 Å². The molecule has 5 heteroatoms. The average molecular weight is 231 g/mol. The summed E-state index contributed by atoms with van der Waals surface area (Å²) in [5.41, 5.74) is 1.14. The van der Waals surface area contributed by atoms with Crippen molar-refractivity contribution in [2.45, 2.75) is 13.5 Å². The van der Waals surface area contributed by atoms with Gasteiger partial charge in [-0.3, -0.25) is 9.48 Å². The number of aromatic nitrogens is 3. The zero-order chi connectivity index (χ0) is 12.1. The van der Waals surface area contributed by atoms with Crippen LogP contribution in [0.5, 0.6) is 5.75 Å². The van der Waals surface area contributed by atoms with E-state index in [0.717, 1.165) is 5.69 Å². The minimum Gasteiger partial charge on any atom is -0.489 e. The number of carbonyl (C=O) groups excluding carboxylic acids is 1. The summed E-state index contributed by atoms with van der Waals surface area (Å²) in [5, 5.41) is 4.06. The Morgan fingerprint density at radius 3 is 3.06 bits per heavy atom. The van der Waals surface area contributed by atoms with E-state index in [1.165, 1.54) is 0 Å². The molecule has 0 saturated carbocycles. The first-order valence-electron chi connectivity index (χ1n) is 5.32. The Kier molecular flexibility index (Phi) is 3.49. The molecule has 2 aromatic heterocycles. The molecule has 0 aliphatic carbocycles. The van der Waals surface area contributed by atoms with Crippen molar-refractivity contribution in [3.8, 4) is 5.75 Å². The molecule has 0 amide bonds. The minimum absolute atomic E-state index is 0.338. The van der Waals surface area contributed by atoms with Crippen molar-refractivity contribution in [3.63, 3.8) is 0 Å². The fraction of sp³-hybridized carbons (Fsp3) is 0.250. The molecule has 2 rings (SSSR count). The minimum atomic E-state index is 0.338. The predicted octanol–water partition coefficient (Wildman–Crippen LogP) is 1.48. The number of hydrogen-bond donors (Lipinski definition) is 0. The summed E-state index contributed by atoms with van der Waals surface area (Å²) < 4.78 is 7.27. The van der Waals surface area contributed by atoms with Gasteiger partial charge < -0.3 is 4.74 Å². The summed E-state index contributed by atoms with van der Waals surface area (Å²) in [6.07, 6.45) is 4.28. The monoisotopic (exact) mass is 231 g/mol. The summed E-state index contributed by atoms with van der Waals surface area (Å²) in [6.45, 7) is 2.92. The highest BCUT2D eigenvalue weighted by Gasteiger charge is 2.04. The molecule has 0 radical (unpaired) electrons. The molecule has 17 heavy (non-hydrogen) atoms. The Labute approximate surface area is 99.1 Å². The third kappa shape index (κ3) is 2.90. The summed E-state index contributed by atoms with van der Waals surface area (Å²) in [5.74, 6) is 0.512. The summed E-state index contributed by atoms with van der Waals surface area (Å²) in [7, 11) is 0. The molecule has 5 nitrogen and oxygen atoms in total. The maximum Gasteiger partial charge on any atom is 0.172 e. The fourth-order valence-corrected chi connectivity index (χ4v) is 1.45. The molecule has 2 heterocycles. The molecule has 0 aromatic carbocycles. The van der Waals surface area contributed by atoms with Crippen LogP contribution >= 0.6 is 0 Å². The smallest absolute Gasteiger partial charge is 0.172 e. The highest BCUT2D eigenvalue weighted by molar-refractivity contribution is 5.76. The number of rotatable bonds is 5.